The summed E-state index contributed by atoms with van der Waals surface area (Å²) in [6.07, 6.45) is 0. The third-order valence-corrected chi connectivity index (χ3v) is 3.07. The first-order chi connectivity index (χ1) is 11.2. The van der Waals surface area contributed by atoms with Gasteiger partial charge in [-0.1, -0.05) is 6.07 Å². The third kappa shape index (κ3) is 4.50. The minimum absolute atomic E-state index is 0.251. The average Bonchev–Trinajstić information content (AvgIpc) is 2.60. The summed E-state index contributed by atoms with van der Waals surface area (Å²) < 4.78 is 15.5. The smallest absolute Gasteiger partial charge is 0.213 e. The molecule has 0 aliphatic carbocycles. The summed E-state index contributed by atoms with van der Waals surface area (Å²) in [6.45, 7) is 0.336. The standard InChI is InChI=1S/C16H20N4O3/c1-21-12-7-8-14(22-2)13(9-12)20-16(17)18-10-11-5-4-6-15(19-11)23-3/h4-9H,10H2,1-3H3,(H3,17,18,20). The van der Waals surface area contributed by atoms with Gasteiger partial charge in [0.15, 0.2) is 5.96 Å². The van der Waals surface area contributed by atoms with Gasteiger partial charge in [0, 0.05) is 12.1 Å². The molecule has 0 atom stereocenters. The van der Waals surface area contributed by atoms with Crippen LogP contribution in [0.2, 0.25) is 0 Å². The van der Waals surface area contributed by atoms with Gasteiger partial charge in [-0.3, -0.25) is 0 Å². The normalized spacial score (nSPS) is 11.0. The molecule has 7 nitrogen and oxygen atoms in total. The van der Waals surface area contributed by atoms with Crippen LogP contribution in [-0.2, 0) is 6.54 Å². The van der Waals surface area contributed by atoms with Gasteiger partial charge in [0.2, 0.25) is 5.88 Å². The number of hydrogen-bond acceptors (Lipinski definition) is 5. The molecule has 0 aliphatic rings. The molecule has 3 N–H and O–H groups in total. The number of nitrogens with one attached hydrogen (secondary N) is 1. The van der Waals surface area contributed by atoms with Crippen molar-refractivity contribution in [3.05, 3.63) is 42.1 Å². The van der Waals surface area contributed by atoms with Crippen molar-refractivity contribution in [2.45, 2.75) is 6.54 Å². The molecule has 2 aromatic rings. The number of aliphatic imine (C=N–C) groups is 1. The number of aromatic nitrogens is 1. The molecule has 1 aromatic carbocycles. The van der Waals surface area contributed by atoms with E-state index in [2.05, 4.69) is 15.3 Å². The van der Waals surface area contributed by atoms with Crippen LogP contribution in [0.4, 0.5) is 5.69 Å². The molecule has 23 heavy (non-hydrogen) atoms. The summed E-state index contributed by atoms with van der Waals surface area (Å²) in [5.74, 6) is 2.12. The Bertz CT molecular complexity index is 689. The summed E-state index contributed by atoms with van der Waals surface area (Å²) in [6, 6.07) is 10.9. The van der Waals surface area contributed by atoms with E-state index in [1.165, 1.54) is 0 Å². The molecular formula is C16H20N4O3. The van der Waals surface area contributed by atoms with Crippen LogP contribution in [0.25, 0.3) is 0 Å². The molecule has 0 aliphatic heterocycles. The lowest BCUT2D eigenvalue weighted by Gasteiger charge is -2.12. The quantitative estimate of drug-likeness (QED) is 0.626. The van der Waals surface area contributed by atoms with Crippen molar-refractivity contribution in [1.82, 2.24) is 4.98 Å². The number of anilines is 1. The predicted molar refractivity (Wildman–Crippen MR) is 89.3 cm³/mol. The Morgan fingerprint density at radius 2 is 1.96 bits per heavy atom. The van der Waals surface area contributed by atoms with E-state index in [1.807, 2.05) is 12.1 Å². The lowest BCUT2D eigenvalue weighted by atomic mass is 10.2. The van der Waals surface area contributed by atoms with E-state index >= 15 is 0 Å². The van der Waals surface area contributed by atoms with Gasteiger partial charge in [-0.25, -0.2) is 9.98 Å². The largest absolute Gasteiger partial charge is 0.497 e. The second-order valence-electron chi connectivity index (χ2n) is 4.56. The van der Waals surface area contributed by atoms with Gasteiger partial charge in [-0.2, -0.15) is 0 Å². The highest BCUT2D eigenvalue weighted by atomic mass is 16.5. The number of hydrogen-bond donors (Lipinski definition) is 2. The molecule has 7 heteroatoms. The van der Waals surface area contributed by atoms with Crippen LogP contribution in [0.15, 0.2) is 41.4 Å². The topological polar surface area (TPSA) is 91.0 Å². The predicted octanol–water partition coefficient (Wildman–Crippen LogP) is 2.03. The van der Waals surface area contributed by atoms with Crippen LogP contribution in [0.1, 0.15) is 5.69 Å². The molecule has 1 heterocycles. The molecule has 0 bridgehead atoms. The lowest BCUT2D eigenvalue weighted by Crippen LogP contribution is -2.23. The van der Waals surface area contributed by atoms with Crippen molar-refractivity contribution in [2.24, 2.45) is 10.7 Å². The highest BCUT2D eigenvalue weighted by Gasteiger charge is 2.06. The van der Waals surface area contributed by atoms with Crippen molar-refractivity contribution in [3.8, 4) is 17.4 Å². The number of guanidine groups is 1. The van der Waals surface area contributed by atoms with E-state index in [0.29, 0.717) is 29.6 Å². The Morgan fingerprint density at radius 3 is 2.65 bits per heavy atom. The maximum Gasteiger partial charge on any atom is 0.213 e. The summed E-state index contributed by atoms with van der Waals surface area (Å²) in [5.41, 5.74) is 7.35. The van der Waals surface area contributed by atoms with Gasteiger partial charge in [-0.05, 0) is 18.2 Å². The molecule has 0 unspecified atom stereocenters. The molecule has 122 valence electrons. The van der Waals surface area contributed by atoms with Crippen LogP contribution in [0.3, 0.4) is 0 Å². The number of benzene rings is 1. The maximum absolute atomic E-state index is 5.92. The summed E-state index contributed by atoms with van der Waals surface area (Å²) >= 11 is 0. The maximum atomic E-state index is 5.92. The highest BCUT2D eigenvalue weighted by molar-refractivity contribution is 5.93. The van der Waals surface area contributed by atoms with Gasteiger partial charge in [0.05, 0.1) is 39.3 Å². The number of rotatable bonds is 6. The number of ether oxygens (including phenoxy) is 3. The highest BCUT2D eigenvalue weighted by Crippen LogP contribution is 2.28. The zero-order valence-corrected chi connectivity index (χ0v) is 13.4. The van der Waals surface area contributed by atoms with E-state index in [1.54, 1.807) is 45.6 Å². The van der Waals surface area contributed by atoms with Gasteiger partial charge in [-0.15, -0.1) is 0 Å². The summed E-state index contributed by atoms with van der Waals surface area (Å²) in [4.78, 5) is 8.54. The Kier molecular flexibility index (Phi) is 5.62. The number of nitrogens with zero attached hydrogens (tertiary/aromatic N) is 2. The number of nitrogens with two attached hydrogens (primary N) is 1. The Morgan fingerprint density at radius 1 is 1.13 bits per heavy atom. The van der Waals surface area contributed by atoms with Crippen LogP contribution in [0.5, 0.6) is 17.4 Å². The van der Waals surface area contributed by atoms with Crippen LogP contribution >= 0.6 is 0 Å². The second-order valence-corrected chi connectivity index (χ2v) is 4.56. The summed E-state index contributed by atoms with van der Waals surface area (Å²) in [5, 5.41) is 3.00. The molecule has 0 radical (unpaired) electrons. The molecule has 1 aromatic heterocycles. The van der Waals surface area contributed by atoms with E-state index in [4.69, 9.17) is 19.9 Å². The van der Waals surface area contributed by atoms with Crippen molar-refractivity contribution in [3.63, 3.8) is 0 Å². The second kappa shape index (κ2) is 7.88. The van der Waals surface area contributed by atoms with Gasteiger partial charge in [0.1, 0.15) is 11.5 Å². The Labute approximate surface area is 135 Å². The van der Waals surface area contributed by atoms with E-state index in [-0.39, 0.29) is 5.96 Å². The van der Waals surface area contributed by atoms with Crippen LogP contribution < -0.4 is 25.3 Å². The molecular weight excluding hydrogens is 296 g/mol. The Hall–Kier alpha value is -2.96. The lowest BCUT2D eigenvalue weighted by molar-refractivity contribution is 0.396. The van der Waals surface area contributed by atoms with Gasteiger partial charge < -0.3 is 25.3 Å². The third-order valence-electron chi connectivity index (χ3n) is 3.07. The fourth-order valence-electron chi connectivity index (χ4n) is 1.91. The number of pyridine rings is 1. The van der Waals surface area contributed by atoms with Crippen molar-refractivity contribution < 1.29 is 14.2 Å². The fraction of sp³-hybridized carbons (Fsp3) is 0.250. The Balaban J connectivity index is 2.10. The van der Waals surface area contributed by atoms with E-state index in [0.717, 1.165) is 5.69 Å². The van der Waals surface area contributed by atoms with Gasteiger partial charge in [0.25, 0.3) is 0 Å². The zero-order valence-electron chi connectivity index (χ0n) is 13.4. The molecule has 2 rings (SSSR count). The van der Waals surface area contributed by atoms with E-state index in [9.17, 15) is 0 Å². The first-order valence-electron chi connectivity index (χ1n) is 6.95. The SMILES string of the molecule is COc1ccc(OC)c(NC(N)=NCc2cccc(OC)n2)c1. The first kappa shape index (κ1) is 16.4. The van der Waals surface area contributed by atoms with E-state index < -0.39 is 0 Å². The average molecular weight is 316 g/mol. The zero-order chi connectivity index (χ0) is 16.7. The molecule has 0 saturated heterocycles. The fourth-order valence-corrected chi connectivity index (χ4v) is 1.91. The number of methoxy groups -OCH3 is 3. The minimum atomic E-state index is 0.251. The monoisotopic (exact) mass is 316 g/mol. The van der Waals surface area contributed by atoms with Crippen LogP contribution in [0, 0.1) is 0 Å². The van der Waals surface area contributed by atoms with Gasteiger partial charge >= 0.3 is 0 Å². The molecule has 0 fully saturated rings. The summed E-state index contributed by atoms with van der Waals surface area (Å²) in [7, 11) is 4.75. The molecule has 0 saturated carbocycles. The van der Waals surface area contributed by atoms with Crippen molar-refractivity contribution in [1.29, 1.82) is 0 Å². The van der Waals surface area contributed by atoms with Crippen molar-refractivity contribution >= 4 is 11.6 Å². The van der Waals surface area contributed by atoms with Crippen molar-refractivity contribution in [2.75, 3.05) is 26.6 Å². The molecule has 0 spiro atoms. The molecule has 0 amide bonds. The first-order valence-corrected chi connectivity index (χ1v) is 6.95. The van der Waals surface area contributed by atoms with Crippen LogP contribution in [-0.4, -0.2) is 32.3 Å². The minimum Gasteiger partial charge on any atom is -0.497 e.